The normalized spacial score (nSPS) is 19.8. The first-order valence-electron chi connectivity index (χ1n) is 4.30. The number of allylic oxidation sites excluding steroid dienone is 2. The Balaban J connectivity index is 2.44. The zero-order valence-corrected chi connectivity index (χ0v) is 11.4. The maximum Gasteiger partial charge on any atom is 0.243 e. The molecule has 1 unspecified atom stereocenters. The summed E-state index contributed by atoms with van der Waals surface area (Å²) in [6.07, 6.45) is 2.22. The maximum atomic E-state index is 11.3. The largest absolute Gasteiger partial charge is 0.296 e. The van der Waals surface area contributed by atoms with Crippen molar-refractivity contribution in [1.29, 1.82) is 0 Å². The summed E-state index contributed by atoms with van der Waals surface area (Å²) in [5.74, 6) is 0. The highest BCUT2D eigenvalue weighted by Gasteiger charge is 2.15. The van der Waals surface area contributed by atoms with Crippen LogP contribution >= 0.6 is 27.3 Å². The van der Waals surface area contributed by atoms with Crippen LogP contribution in [0.25, 0.3) is 0 Å². The Labute approximate surface area is 107 Å². The van der Waals surface area contributed by atoms with E-state index < -0.39 is 11.2 Å². The summed E-state index contributed by atoms with van der Waals surface area (Å²) in [6, 6.07) is 1.90. The van der Waals surface area contributed by atoms with Crippen molar-refractivity contribution in [3.05, 3.63) is 32.1 Å². The Hall–Kier alpha value is -0.790. The van der Waals surface area contributed by atoms with E-state index in [1.807, 2.05) is 13.0 Å². The monoisotopic (exact) mass is 318 g/mol. The first-order chi connectivity index (χ1) is 7.60. The molecule has 7 heteroatoms. The molecule has 1 aliphatic rings. The maximum absolute atomic E-state index is 11.3. The van der Waals surface area contributed by atoms with Gasteiger partial charge in [-0.2, -0.15) is 4.40 Å². The molecule has 0 spiro atoms. The first-order valence-corrected chi connectivity index (χ1v) is 7.02. The molecule has 0 fully saturated rings. The van der Waals surface area contributed by atoms with Crippen LogP contribution in [0.4, 0.5) is 0 Å². The third kappa shape index (κ3) is 2.31. The van der Waals surface area contributed by atoms with Crippen LogP contribution in [-0.4, -0.2) is 16.2 Å². The number of nitrogens with one attached hydrogen (secondary N) is 1. The van der Waals surface area contributed by atoms with Gasteiger partial charge in [0.15, 0.2) is 6.29 Å². The summed E-state index contributed by atoms with van der Waals surface area (Å²) in [4.78, 5) is 12.6. The average Bonchev–Trinajstić information content (AvgIpc) is 2.58. The van der Waals surface area contributed by atoms with Gasteiger partial charge in [-0.05, 0) is 35.0 Å². The van der Waals surface area contributed by atoms with Gasteiger partial charge in [0.25, 0.3) is 0 Å². The Morgan fingerprint density at radius 1 is 1.62 bits per heavy atom. The van der Waals surface area contributed by atoms with Crippen molar-refractivity contribution in [3.63, 3.8) is 0 Å². The summed E-state index contributed by atoms with van der Waals surface area (Å²) >= 11 is 3.37. The minimum atomic E-state index is -1.57. The molecule has 0 bridgehead atoms. The van der Waals surface area contributed by atoms with Crippen molar-refractivity contribution in [3.8, 4) is 0 Å². The van der Waals surface area contributed by atoms with E-state index in [4.69, 9.17) is 0 Å². The predicted molar refractivity (Wildman–Crippen MR) is 68.7 cm³/mol. The number of halogens is 1. The fraction of sp³-hybridized carbons (Fsp3) is 0.111. The molecule has 1 aromatic rings. The van der Waals surface area contributed by atoms with Crippen molar-refractivity contribution in [2.24, 2.45) is 4.40 Å². The zero-order chi connectivity index (χ0) is 11.7. The molecule has 0 radical (unpaired) electrons. The lowest BCUT2D eigenvalue weighted by Crippen LogP contribution is -2.22. The molecule has 0 aliphatic carbocycles. The zero-order valence-electron chi connectivity index (χ0n) is 8.19. The minimum Gasteiger partial charge on any atom is -0.296 e. The van der Waals surface area contributed by atoms with Crippen LogP contribution < -0.4 is 4.72 Å². The lowest BCUT2D eigenvalue weighted by molar-refractivity contribution is -0.105. The fourth-order valence-corrected chi connectivity index (χ4v) is 3.41. The Morgan fingerprint density at radius 3 is 2.94 bits per heavy atom. The molecule has 0 aromatic carbocycles. The Bertz CT molecular complexity index is 514. The summed E-state index contributed by atoms with van der Waals surface area (Å²) in [6.45, 7) is 1.97. The number of rotatable bonds is 2. The SMILES string of the molecule is Cc1sc(C2=NS(=O)NC(C=O)=C2)cc1Br. The second kappa shape index (κ2) is 4.60. The van der Waals surface area contributed by atoms with E-state index in [0.717, 1.165) is 14.2 Å². The van der Waals surface area contributed by atoms with Gasteiger partial charge < -0.3 is 0 Å². The molecule has 0 amide bonds. The van der Waals surface area contributed by atoms with Crippen molar-refractivity contribution in [2.45, 2.75) is 6.92 Å². The molecular formula is C9H7BrN2O2S2. The van der Waals surface area contributed by atoms with E-state index in [2.05, 4.69) is 25.0 Å². The highest BCUT2D eigenvalue weighted by Crippen LogP contribution is 2.27. The van der Waals surface area contributed by atoms with E-state index in [1.165, 1.54) is 11.3 Å². The standard InChI is InChI=1S/C9H7BrN2O2S2/c1-5-7(10)3-9(15-5)8-2-6(4-13)11-16(14)12-8/h2-4,11H,1H3. The molecule has 2 heterocycles. The van der Waals surface area contributed by atoms with E-state index in [0.29, 0.717) is 12.0 Å². The molecule has 0 saturated carbocycles. The lowest BCUT2D eigenvalue weighted by Gasteiger charge is -2.08. The Kier molecular flexibility index (Phi) is 3.36. The lowest BCUT2D eigenvalue weighted by atomic mass is 10.2. The van der Waals surface area contributed by atoms with Crippen LogP contribution in [0.1, 0.15) is 9.75 Å². The molecule has 1 atom stereocenters. The van der Waals surface area contributed by atoms with E-state index in [-0.39, 0.29) is 5.70 Å². The van der Waals surface area contributed by atoms with Crippen molar-refractivity contribution in [2.75, 3.05) is 0 Å². The van der Waals surface area contributed by atoms with Crippen LogP contribution in [0.3, 0.4) is 0 Å². The highest BCUT2D eigenvalue weighted by molar-refractivity contribution is 9.10. The average molecular weight is 319 g/mol. The molecule has 1 aliphatic heterocycles. The van der Waals surface area contributed by atoms with Crippen LogP contribution in [0.15, 0.2) is 26.7 Å². The van der Waals surface area contributed by atoms with Crippen molar-refractivity contribution < 1.29 is 9.00 Å². The quantitative estimate of drug-likeness (QED) is 0.846. The number of aryl methyl sites for hydroxylation is 1. The van der Waals surface area contributed by atoms with Gasteiger partial charge in [-0.15, -0.1) is 11.3 Å². The molecule has 4 nitrogen and oxygen atoms in total. The summed E-state index contributed by atoms with van der Waals surface area (Å²) in [5, 5.41) is 0. The van der Waals surface area contributed by atoms with Gasteiger partial charge in [0.05, 0.1) is 16.3 Å². The van der Waals surface area contributed by atoms with Gasteiger partial charge in [-0.3, -0.25) is 9.52 Å². The molecule has 0 saturated heterocycles. The molecule has 2 rings (SSSR count). The summed E-state index contributed by atoms with van der Waals surface area (Å²) in [5.41, 5.74) is 0.850. The van der Waals surface area contributed by atoms with Gasteiger partial charge in [0.2, 0.25) is 11.2 Å². The third-order valence-electron chi connectivity index (χ3n) is 1.92. The number of carbonyl (C=O) groups excluding carboxylic acids is 1. The van der Waals surface area contributed by atoms with Crippen molar-refractivity contribution >= 4 is 50.4 Å². The third-order valence-corrected chi connectivity index (χ3v) is 4.85. The van der Waals surface area contributed by atoms with Gasteiger partial charge in [0, 0.05) is 9.35 Å². The Morgan fingerprint density at radius 2 is 2.38 bits per heavy atom. The summed E-state index contributed by atoms with van der Waals surface area (Å²) < 4.78 is 18.7. The number of hydrogen-bond donors (Lipinski definition) is 1. The van der Waals surface area contributed by atoms with E-state index in [9.17, 15) is 9.00 Å². The smallest absolute Gasteiger partial charge is 0.243 e. The van der Waals surface area contributed by atoms with E-state index >= 15 is 0 Å². The molecule has 1 aromatic heterocycles. The number of nitrogens with zero attached hydrogens (tertiary/aromatic N) is 1. The highest BCUT2D eigenvalue weighted by atomic mass is 79.9. The van der Waals surface area contributed by atoms with Crippen LogP contribution in [0, 0.1) is 6.92 Å². The van der Waals surface area contributed by atoms with Gasteiger partial charge in [-0.25, -0.2) is 4.21 Å². The van der Waals surface area contributed by atoms with Gasteiger partial charge in [-0.1, -0.05) is 0 Å². The van der Waals surface area contributed by atoms with Crippen LogP contribution in [0.2, 0.25) is 0 Å². The first kappa shape index (κ1) is 11.7. The molecule has 84 valence electrons. The number of aldehydes is 1. The van der Waals surface area contributed by atoms with E-state index in [1.54, 1.807) is 6.08 Å². The summed E-state index contributed by atoms with van der Waals surface area (Å²) in [7, 11) is 0. The molecular weight excluding hydrogens is 312 g/mol. The van der Waals surface area contributed by atoms with Gasteiger partial charge in [0.1, 0.15) is 0 Å². The second-order valence-electron chi connectivity index (χ2n) is 3.06. The van der Waals surface area contributed by atoms with Crippen LogP contribution in [-0.2, 0) is 16.0 Å². The topological polar surface area (TPSA) is 58.5 Å². The van der Waals surface area contributed by atoms with Gasteiger partial charge >= 0.3 is 0 Å². The number of hydrogen-bond acceptors (Lipinski definition) is 3. The van der Waals surface area contributed by atoms with Crippen molar-refractivity contribution in [1.82, 2.24) is 4.72 Å². The molecule has 16 heavy (non-hydrogen) atoms. The fourth-order valence-electron chi connectivity index (χ4n) is 1.18. The molecule has 1 N–H and O–H groups in total. The predicted octanol–water partition coefficient (Wildman–Crippen LogP) is 1.87. The second-order valence-corrected chi connectivity index (χ2v) is 6.06. The number of carbonyl (C=O) groups is 1. The minimum absolute atomic E-state index is 0.283. The van der Waals surface area contributed by atoms with Crippen LogP contribution in [0.5, 0.6) is 0 Å². The number of thiophene rings is 1.